The van der Waals surface area contributed by atoms with Crippen molar-refractivity contribution in [1.82, 2.24) is 10.2 Å². The molecule has 0 radical (unpaired) electrons. The number of nitrogens with zero attached hydrogens (tertiary/aromatic N) is 1. The molecule has 2 rings (SSSR count). The van der Waals surface area contributed by atoms with E-state index in [-0.39, 0.29) is 0 Å². The van der Waals surface area contributed by atoms with Crippen LogP contribution >= 0.6 is 0 Å². The lowest BCUT2D eigenvalue weighted by atomic mass is 10.0. The summed E-state index contributed by atoms with van der Waals surface area (Å²) in [5.74, 6) is 0.768. The van der Waals surface area contributed by atoms with Crippen LogP contribution in [0.25, 0.3) is 0 Å². The lowest BCUT2D eigenvalue weighted by molar-refractivity contribution is 0.177. The Morgan fingerprint density at radius 2 is 2.21 bits per heavy atom. The molecule has 1 aliphatic heterocycles. The molecule has 1 N–H and O–H groups in total. The summed E-state index contributed by atoms with van der Waals surface area (Å²) in [5.41, 5.74) is 2.82. The van der Waals surface area contributed by atoms with E-state index in [1.807, 2.05) is 0 Å². The van der Waals surface area contributed by atoms with E-state index in [0.29, 0.717) is 6.04 Å². The zero-order chi connectivity index (χ0) is 13.7. The summed E-state index contributed by atoms with van der Waals surface area (Å²) < 4.78 is 0. The first-order chi connectivity index (χ1) is 9.15. The SMILES string of the molecule is Cc1cccc(CN2CCCNCC2CC(C)C)c1. The average molecular weight is 260 g/mol. The van der Waals surface area contributed by atoms with Gasteiger partial charge in [0.05, 0.1) is 0 Å². The summed E-state index contributed by atoms with van der Waals surface area (Å²) in [5, 5.41) is 3.59. The minimum atomic E-state index is 0.683. The molecule has 1 aliphatic rings. The Morgan fingerprint density at radius 1 is 1.37 bits per heavy atom. The summed E-state index contributed by atoms with van der Waals surface area (Å²) in [6.45, 7) is 11.5. The number of benzene rings is 1. The Labute approximate surface area is 118 Å². The molecule has 1 heterocycles. The third-order valence-corrected chi connectivity index (χ3v) is 3.91. The largest absolute Gasteiger partial charge is 0.315 e. The van der Waals surface area contributed by atoms with Crippen LogP contribution in [0, 0.1) is 12.8 Å². The lowest BCUT2D eigenvalue weighted by Gasteiger charge is -2.31. The van der Waals surface area contributed by atoms with E-state index >= 15 is 0 Å². The van der Waals surface area contributed by atoms with Crippen molar-refractivity contribution in [2.24, 2.45) is 5.92 Å². The third-order valence-electron chi connectivity index (χ3n) is 3.91. The van der Waals surface area contributed by atoms with Crippen molar-refractivity contribution in [3.05, 3.63) is 35.4 Å². The fourth-order valence-electron chi connectivity index (χ4n) is 3.02. The van der Waals surface area contributed by atoms with Gasteiger partial charge in [0.15, 0.2) is 0 Å². The molecule has 0 amide bonds. The first-order valence-corrected chi connectivity index (χ1v) is 7.65. The maximum absolute atomic E-state index is 3.59. The number of nitrogens with one attached hydrogen (secondary N) is 1. The molecular weight excluding hydrogens is 232 g/mol. The van der Waals surface area contributed by atoms with Crippen LogP contribution < -0.4 is 5.32 Å². The van der Waals surface area contributed by atoms with Crippen LogP contribution in [-0.2, 0) is 6.54 Å². The van der Waals surface area contributed by atoms with Gasteiger partial charge in [-0.2, -0.15) is 0 Å². The number of hydrogen-bond donors (Lipinski definition) is 1. The molecular formula is C17H28N2. The molecule has 106 valence electrons. The molecule has 1 fully saturated rings. The maximum Gasteiger partial charge on any atom is 0.0237 e. The van der Waals surface area contributed by atoms with E-state index in [0.717, 1.165) is 19.0 Å². The summed E-state index contributed by atoms with van der Waals surface area (Å²) in [6, 6.07) is 9.63. The molecule has 0 saturated carbocycles. The second-order valence-corrected chi connectivity index (χ2v) is 6.30. The second-order valence-electron chi connectivity index (χ2n) is 6.30. The minimum absolute atomic E-state index is 0.683. The highest BCUT2D eigenvalue weighted by atomic mass is 15.2. The van der Waals surface area contributed by atoms with E-state index in [9.17, 15) is 0 Å². The van der Waals surface area contributed by atoms with Crippen LogP contribution in [-0.4, -0.2) is 30.6 Å². The Balaban J connectivity index is 2.05. The molecule has 0 bridgehead atoms. The van der Waals surface area contributed by atoms with E-state index in [4.69, 9.17) is 0 Å². The van der Waals surface area contributed by atoms with Crippen LogP contribution in [0.1, 0.15) is 37.8 Å². The van der Waals surface area contributed by atoms with E-state index < -0.39 is 0 Å². The Kier molecular flexibility index (Phi) is 5.41. The predicted molar refractivity (Wildman–Crippen MR) is 82.3 cm³/mol. The molecule has 2 heteroatoms. The van der Waals surface area contributed by atoms with Gasteiger partial charge in [-0.15, -0.1) is 0 Å². The molecule has 1 saturated heterocycles. The quantitative estimate of drug-likeness (QED) is 0.894. The first-order valence-electron chi connectivity index (χ1n) is 7.65. The monoisotopic (exact) mass is 260 g/mol. The normalized spacial score (nSPS) is 21.6. The van der Waals surface area contributed by atoms with Gasteiger partial charge in [0.1, 0.15) is 0 Å². The van der Waals surface area contributed by atoms with Crippen molar-refractivity contribution in [2.75, 3.05) is 19.6 Å². The predicted octanol–water partition coefficient (Wildman–Crippen LogP) is 3.21. The zero-order valence-electron chi connectivity index (χ0n) is 12.7. The van der Waals surface area contributed by atoms with Crippen LogP contribution in [0.4, 0.5) is 0 Å². The topological polar surface area (TPSA) is 15.3 Å². The summed E-state index contributed by atoms with van der Waals surface area (Å²) >= 11 is 0. The molecule has 0 aromatic heterocycles. The molecule has 1 aromatic rings. The standard InChI is InChI=1S/C17H28N2/c1-14(2)10-17-12-18-8-5-9-19(17)13-16-7-4-6-15(3)11-16/h4,6-7,11,14,17-18H,5,8-10,12-13H2,1-3H3. The molecule has 1 aromatic carbocycles. The van der Waals surface area contributed by atoms with Crippen molar-refractivity contribution in [2.45, 2.75) is 46.2 Å². The van der Waals surface area contributed by atoms with E-state index in [1.165, 1.54) is 37.1 Å². The van der Waals surface area contributed by atoms with Crippen LogP contribution in [0.5, 0.6) is 0 Å². The summed E-state index contributed by atoms with van der Waals surface area (Å²) in [6.07, 6.45) is 2.55. The highest BCUT2D eigenvalue weighted by molar-refractivity contribution is 5.22. The Morgan fingerprint density at radius 3 is 2.95 bits per heavy atom. The number of rotatable bonds is 4. The van der Waals surface area contributed by atoms with Crippen molar-refractivity contribution >= 4 is 0 Å². The zero-order valence-corrected chi connectivity index (χ0v) is 12.7. The Hall–Kier alpha value is -0.860. The van der Waals surface area contributed by atoms with Crippen molar-refractivity contribution < 1.29 is 0 Å². The second kappa shape index (κ2) is 7.06. The molecule has 19 heavy (non-hydrogen) atoms. The number of aryl methyl sites for hydroxylation is 1. The van der Waals surface area contributed by atoms with E-state index in [2.05, 4.69) is 55.3 Å². The minimum Gasteiger partial charge on any atom is -0.315 e. The summed E-state index contributed by atoms with van der Waals surface area (Å²) in [4.78, 5) is 2.68. The molecule has 0 aliphatic carbocycles. The fourth-order valence-corrected chi connectivity index (χ4v) is 3.02. The van der Waals surface area contributed by atoms with Gasteiger partial charge in [-0.25, -0.2) is 0 Å². The smallest absolute Gasteiger partial charge is 0.0237 e. The van der Waals surface area contributed by atoms with Crippen LogP contribution in [0.15, 0.2) is 24.3 Å². The van der Waals surface area contributed by atoms with Gasteiger partial charge >= 0.3 is 0 Å². The molecule has 1 atom stereocenters. The highest BCUT2D eigenvalue weighted by Gasteiger charge is 2.21. The van der Waals surface area contributed by atoms with Crippen molar-refractivity contribution in [3.63, 3.8) is 0 Å². The maximum atomic E-state index is 3.59. The highest BCUT2D eigenvalue weighted by Crippen LogP contribution is 2.17. The van der Waals surface area contributed by atoms with Gasteiger partial charge in [-0.1, -0.05) is 43.7 Å². The van der Waals surface area contributed by atoms with Gasteiger partial charge in [-0.3, -0.25) is 4.90 Å². The van der Waals surface area contributed by atoms with Crippen LogP contribution in [0.3, 0.4) is 0 Å². The van der Waals surface area contributed by atoms with Gasteiger partial charge < -0.3 is 5.32 Å². The average Bonchev–Trinajstić information content (AvgIpc) is 2.55. The van der Waals surface area contributed by atoms with Gasteiger partial charge in [0.25, 0.3) is 0 Å². The molecule has 2 nitrogen and oxygen atoms in total. The first kappa shape index (κ1) is 14.5. The van der Waals surface area contributed by atoms with Gasteiger partial charge in [-0.05, 0) is 37.8 Å². The molecule has 0 spiro atoms. The lowest BCUT2D eigenvalue weighted by Crippen LogP contribution is -2.40. The fraction of sp³-hybridized carbons (Fsp3) is 0.647. The van der Waals surface area contributed by atoms with Crippen molar-refractivity contribution in [1.29, 1.82) is 0 Å². The summed E-state index contributed by atoms with van der Waals surface area (Å²) in [7, 11) is 0. The van der Waals surface area contributed by atoms with Gasteiger partial charge in [0.2, 0.25) is 0 Å². The third kappa shape index (κ3) is 4.63. The number of hydrogen-bond acceptors (Lipinski definition) is 2. The van der Waals surface area contributed by atoms with Crippen molar-refractivity contribution in [3.8, 4) is 0 Å². The molecule has 1 unspecified atom stereocenters. The van der Waals surface area contributed by atoms with Crippen LogP contribution in [0.2, 0.25) is 0 Å². The van der Waals surface area contributed by atoms with Gasteiger partial charge in [0, 0.05) is 25.7 Å². The van der Waals surface area contributed by atoms with E-state index in [1.54, 1.807) is 0 Å². The Bertz CT molecular complexity index is 387.